The second-order valence-electron chi connectivity index (χ2n) is 5.96. The lowest BCUT2D eigenvalue weighted by atomic mass is 10.1. The summed E-state index contributed by atoms with van der Waals surface area (Å²) in [5, 5.41) is 5.76. The summed E-state index contributed by atoms with van der Waals surface area (Å²) in [6.07, 6.45) is -0.316. The summed E-state index contributed by atoms with van der Waals surface area (Å²) in [5.74, 6) is -1.87. The first-order valence-electron chi connectivity index (χ1n) is 7.87. The van der Waals surface area contributed by atoms with E-state index in [1.165, 1.54) is 19.1 Å². The number of nitrogens with two attached hydrogens (primary N) is 2. The van der Waals surface area contributed by atoms with Crippen molar-refractivity contribution in [2.45, 2.75) is 32.4 Å². The number of anilines is 1. The van der Waals surface area contributed by atoms with E-state index >= 15 is 0 Å². The molecule has 0 aliphatic rings. The fourth-order valence-corrected chi connectivity index (χ4v) is 2.35. The van der Waals surface area contributed by atoms with Crippen molar-refractivity contribution in [2.75, 3.05) is 5.32 Å². The average molecular weight is 360 g/mol. The number of nitrogens with one attached hydrogen (secondary N) is 2. The summed E-state index contributed by atoms with van der Waals surface area (Å²) in [7, 11) is 0. The molecular formula is C17H20N4O5. The van der Waals surface area contributed by atoms with Crippen molar-refractivity contribution in [1.82, 2.24) is 5.32 Å². The first-order valence-corrected chi connectivity index (χ1v) is 7.87. The molecule has 0 radical (unpaired) electrons. The summed E-state index contributed by atoms with van der Waals surface area (Å²) in [6.45, 7) is 3.25. The molecule has 1 aromatic carbocycles. The molecule has 6 N–H and O–H groups in total. The molecule has 138 valence electrons. The Kier molecular flexibility index (Phi) is 5.73. The van der Waals surface area contributed by atoms with Gasteiger partial charge in [-0.2, -0.15) is 0 Å². The van der Waals surface area contributed by atoms with Crippen LogP contribution in [0.25, 0.3) is 11.0 Å². The van der Waals surface area contributed by atoms with Gasteiger partial charge in [-0.25, -0.2) is 4.79 Å². The van der Waals surface area contributed by atoms with Gasteiger partial charge in [0.05, 0.1) is 12.5 Å². The van der Waals surface area contributed by atoms with Crippen LogP contribution in [-0.2, 0) is 14.4 Å². The van der Waals surface area contributed by atoms with Crippen LogP contribution in [0, 0.1) is 6.92 Å². The fourth-order valence-electron chi connectivity index (χ4n) is 2.35. The number of aryl methyl sites for hydroxylation is 1. The Morgan fingerprint density at radius 1 is 1.19 bits per heavy atom. The predicted octanol–water partition coefficient (Wildman–Crippen LogP) is -0.253. The van der Waals surface area contributed by atoms with Gasteiger partial charge >= 0.3 is 5.63 Å². The molecular weight excluding hydrogens is 340 g/mol. The highest BCUT2D eigenvalue weighted by Gasteiger charge is 2.21. The SMILES string of the molecule is Cc1cc(=O)oc2cc(NC(=O)[C@H](C)NC(=O)[C@H](N)CC(N)=O)ccc12. The van der Waals surface area contributed by atoms with Crippen molar-refractivity contribution in [2.24, 2.45) is 11.5 Å². The van der Waals surface area contributed by atoms with Crippen LogP contribution in [0.1, 0.15) is 18.9 Å². The molecule has 3 amide bonds. The number of fused-ring (bicyclic) bond motifs is 1. The monoisotopic (exact) mass is 360 g/mol. The quantitative estimate of drug-likeness (QED) is 0.520. The Balaban J connectivity index is 2.07. The van der Waals surface area contributed by atoms with E-state index < -0.39 is 35.4 Å². The molecule has 9 nitrogen and oxygen atoms in total. The molecule has 2 aromatic rings. The molecule has 0 fully saturated rings. The maximum atomic E-state index is 12.2. The van der Waals surface area contributed by atoms with Crippen molar-refractivity contribution in [3.8, 4) is 0 Å². The van der Waals surface area contributed by atoms with Crippen LogP contribution in [0.3, 0.4) is 0 Å². The standard InChI is InChI=1S/C17H20N4O5/c1-8-5-15(23)26-13-6-10(3-4-11(8)13)21-16(24)9(2)20-17(25)12(18)7-14(19)22/h3-6,9,12H,7,18H2,1-2H3,(H2,19,22)(H,20,25)(H,21,24)/t9-,12+/m0/s1. The van der Waals surface area contributed by atoms with Gasteiger partial charge in [0.2, 0.25) is 17.7 Å². The number of rotatable bonds is 6. The molecule has 1 heterocycles. The first kappa shape index (κ1) is 19.1. The largest absolute Gasteiger partial charge is 0.423 e. The molecule has 0 aliphatic carbocycles. The summed E-state index contributed by atoms with van der Waals surface area (Å²) in [5.41, 5.74) is 11.5. The van der Waals surface area contributed by atoms with Crippen LogP contribution in [0.15, 0.2) is 33.5 Å². The van der Waals surface area contributed by atoms with Gasteiger partial charge in [0.1, 0.15) is 11.6 Å². The molecule has 0 bridgehead atoms. The maximum Gasteiger partial charge on any atom is 0.336 e. The van der Waals surface area contributed by atoms with Crippen molar-refractivity contribution < 1.29 is 18.8 Å². The summed E-state index contributed by atoms with van der Waals surface area (Å²) in [4.78, 5) is 46.3. The molecule has 0 saturated carbocycles. The van der Waals surface area contributed by atoms with E-state index in [1.807, 2.05) is 0 Å². The molecule has 0 aliphatic heterocycles. The highest BCUT2D eigenvalue weighted by Crippen LogP contribution is 2.20. The minimum Gasteiger partial charge on any atom is -0.423 e. The number of hydrogen-bond acceptors (Lipinski definition) is 6. The zero-order valence-electron chi connectivity index (χ0n) is 14.4. The van der Waals surface area contributed by atoms with Crippen LogP contribution in [-0.4, -0.2) is 29.8 Å². The van der Waals surface area contributed by atoms with Crippen LogP contribution < -0.4 is 27.7 Å². The van der Waals surface area contributed by atoms with Crippen molar-refractivity contribution in [3.05, 3.63) is 40.2 Å². The molecule has 0 saturated heterocycles. The molecule has 0 spiro atoms. The number of benzene rings is 1. The molecule has 26 heavy (non-hydrogen) atoms. The van der Waals surface area contributed by atoms with E-state index in [1.54, 1.807) is 19.1 Å². The zero-order chi connectivity index (χ0) is 19.4. The van der Waals surface area contributed by atoms with Crippen molar-refractivity contribution >= 4 is 34.4 Å². The van der Waals surface area contributed by atoms with Crippen LogP contribution in [0.5, 0.6) is 0 Å². The third-order valence-corrected chi connectivity index (χ3v) is 3.73. The van der Waals surface area contributed by atoms with Crippen molar-refractivity contribution in [3.63, 3.8) is 0 Å². The lowest BCUT2D eigenvalue weighted by Crippen LogP contribution is -2.49. The Morgan fingerprint density at radius 2 is 1.88 bits per heavy atom. The van der Waals surface area contributed by atoms with E-state index in [-0.39, 0.29) is 6.42 Å². The highest BCUT2D eigenvalue weighted by atomic mass is 16.4. The smallest absolute Gasteiger partial charge is 0.336 e. The Labute approximate surface area is 148 Å². The van der Waals surface area contributed by atoms with Gasteiger partial charge in [0.15, 0.2) is 0 Å². The normalized spacial score (nSPS) is 13.0. The molecule has 2 atom stereocenters. The molecule has 2 rings (SSSR count). The maximum absolute atomic E-state index is 12.2. The minimum absolute atomic E-state index is 0.316. The molecule has 0 unspecified atom stereocenters. The van der Waals surface area contributed by atoms with Gasteiger partial charge in [0.25, 0.3) is 0 Å². The predicted molar refractivity (Wildman–Crippen MR) is 95.2 cm³/mol. The fraction of sp³-hybridized carbons (Fsp3) is 0.294. The van der Waals surface area contributed by atoms with Crippen molar-refractivity contribution in [1.29, 1.82) is 0 Å². The Hall–Kier alpha value is -3.20. The Bertz CT molecular complexity index is 921. The first-order chi connectivity index (χ1) is 12.2. The summed E-state index contributed by atoms with van der Waals surface area (Å²) >= 11 is 0. The summed E-state index contributed by atoms with van der Waals surface area (Å²) in [6, 6.07) is 4.25. The van der Waals surface area contributed by atoms with E-state index in [2.05, 4.69) is 10.6 Å². The van der Waals surface area contributed by atoms with Crippen LogP contribution >= 0.6 is 0 Å². The zero-order valence-corrected chi connectivity index (χ0v) is 14.4. The summed E-state index contributed by atoms with van der Waals surface area (Å²) < 4.78 is 5.12. The van der Waals surface area contributed by atoms with Gasteiger partial charge in [-0.15, -0.1) is 0 Å². The van der Waals surface area contributed by atoms with Gasteiger partial charge in [-0.05, 0) is 31.5 Å². The Morgan fingerprint density at radius 3 is 2.54 bits per heavy atom. The second kappa shape index (κ2) is 7.79. The highest BCUT2D eigenvalue weighted by molar-refractivity contribution is 5.99. The number of carbonyl (C=O) groups excluding carboxylic acids is 3. The van der Waals surface area contributed by atoms with E-state index in [0.717, 1.165) is 10.9 Å². The number of primary amides is 1. The van der Waals surface area contributed by atoms with Gasteiger partial charge in [-0.1, -0.05) is 0 Å². The van der Waals surface area contributed by atoms with Gasteiger partial charge < -0.3 is 26.5 Å². The third-order valence-electron chi connectivity index (χ3n) is 3.73. The average Bonchev–Trinajstić information content (AvgIpc) is 2.53. The third kappa shape index (κ3) is 4.67. The van der Waals surface area contributed by atoms with E-state index in [9.17, 15) is 19.2 Å². The van der Waals surface area contributed by atoms with Gasteiger partial charge in [-0.3, -0.25) is 14.4 Å². The minimum atomic E-state index is -1.12. The van der Waals surface area contributed by atoms with Crippen LogP contribution in [0.4, 0.5) is 5.69 Å². The van der Waals surface area contributed by atoms with E-state index in [0.29, 0.717) is 11.3 Å². The lowest BCUT2D eigenvalue weighted by Gasteiger charge is -2.17. The molecule has 9 heteroatoms. The second-order valence-corrected chi connectivity index (χ2v) is 5.96. The number of amides is 3. The van der Waals surface area contributed by atoms with Crippen LogP contribution in [0.2, 0.25) is 0 Å². The number of hydrogen-bond donors (Lipinski definition) is 4. The van der Waals surface area contributed by atoms with Gasteiger partial charge in [0, 0.05) is 23.2 Å². The topological polar surface area (TPSA) is 158 Å². The number of carbonyl (C=O) groups is 3. The lowest BCUT2D eigenvalue weighted by molar-refractivity contribution is -0.128. The van der Waals surface area contributed by atoms with E-state index in [4.69, 9.17) is 15.9 Å². The molecule has 1 aromatic heterocycles.